The van der Waals surface area contributed by atoms with Crippen molar-refractivity contribution in [3.05, 3.63) is 0 Å². The highest BCUT2D eigenvalue weighted by Gasteiger charge is 2.36. The van der Waals surface area contributed by atoms with Crippen molar-refractivity contribution in [1.82, 2.24) is 5.32 Å². The number of rotatable bonds is 6. The first-order valence-corrected chi connectivity index (χ1v) is 6.15. The minimum Gasteiger partial charge on any atom is -0.388 e. The molecule has 0 bridgehead atoms. The maximum absolute atomic E-state index is 10.5. The molecule has 1 aliphatic carbocycles. The highest BCUT2D eigenvalue weighted by molar-refractivity contribution is 4.91. The molecule has 0 aliphatic heterocycles. The van der Waals surface area contributed by atoms with Gasteiger partial charge in [-0.15, -0.1) is 0 Å². The van der Waals surface area contributed by atoms with Crippen molar-refractivity contribution in [2.75, 3.05) is 26.8 Å². The van der Waals surface area contributed by atoms with Crippen LogP contribution in [-0.4, -0.2) is 37.5 Å². The van der Waals surface area contributed by atoms with Gasteiger partial charge in [-0.3, -0.25) is 0 Å². The first kappa shape index (κ1) is 12.9. The summed E-state index contributed by atoms with van der Waals surface area (Å²) in [7, 11) is 1.70. The lowest BCUT2D eigenvalue weighted by Crippen LogP contribution is -2.49. The second-order valence-electron chi connectivity index (χ2n) is 4.62. The summed E-state index contributed by atoms with van der Waals surface area (Å²) in [5, 5.41) is 13.8. The van der Waals surface area contributed by atoms with E-state index in [0.717, 1.165) is 25.9 Å². The Labute approximate surface area is 93.2 Å². The molecule has 90 valence electrons. The molecule has 2 N–H and O–H groups in total. The number of aliphatic hydroxyl groups is 1. The molecule has 0 aromatic heterocycles. The summed E-state index contributed by atoms with van der Waals surface area (Å²) in [6.45, 7) is 4.44. The van der Waals surface area contributed by atoms with Crippen molar-refractivity contribution < 1.29 is 9.84 Å². The van der Waals surface area contributed by atoms with E-state index in [1.165, 1.54) is 19.3 Å². The van der Waals surface area contributed by atoms with E-state index in [1.54, 1.807) is 7.11 Å². The molecule has 1 fully saturated rings. The van der Waals surface area contributed by atoms with E-state index in [2.05, 4.69) is 12.2 Å². The van der Waals surface area contributed by atoms with E-state index in [-0.39, 0.29) is 0 Å². The topological polar surface area (TPSA) is 41.5 Å². The Morgan fingerprint density at radius 2 is 2.27 bits per heavy atom. The summed E-state index contributed by atoms with van der Waals surface area (Å²) in [5.74, 6) is 0.473. The van der Waals surface area contributed by atoms with E-state index < -0.39 is 5.60 Å². The van der Waals surface area contributed by atoms with Gasteiger partial charge in [-0.25, -0.2) is 0 Å². The van der Waals surface area contributed by atoms with Gasteiger partial charge in [0.2, 0.25) is 0 Å². The fourth-order valence-corrected chi connectivity index (χ4v) is 2.59. The summed E-state index contributed by atoms with van der Waals surface area (Å²) in [6.07, 6.45) is 5.66. The van der Waals surface area contributed by atoms with Crippen LogP contribution in [0.4, 0.5) is 0 Å². The van der Waals surface area contributed by atoms with Crippen LogP contribution in [0.5, 0.6) is 0 Å². The number of nitrogens with one attached hydrogen (secondary N) is 1. The van der Waals surface area contributed by atoms with Crippen molar-refractivity contribution in [1.29, 1.82) is 0 Å². The first-order valence-electron chi connectivity index (χ1n) is 6.15. The van der Waals surface area contributed by atoms with Crippen LogP contribution in [0.1, 0.15) is 39.0 Å². The van der Waals surface area contributed by atoms with Crippen LogP contribution in [0.25, 0.3) is 0 Å². The van der Waals surface area contributed by atoms with Crippen LogP contribution in [0.2, 0.25) is 0 Å². The van der Waals surface area contributed by atoms with E-state index in [9.17, 15) is 5.11 Å². The summed E-state index contributed by atoms with van der Waals surface area (Å²) in [5.41, 5.74) is -0.471. The van der Waals surface area contributed by atoms with Crippen LogP contribution in [0.15, 0.2) is 0 Å². The Hall–Kier alpha value is -0.120. The molecule has 0 radical (unpaired) electrons. The van der Waals surface area contributed by atoms with Crippen LogP contribution in [-0.2, 0) is 4.74 Å². The van der Waals surface area contributed by atoms with Gasteiger partial charge in [0.15, 0.2) is 0 Å². The molecule has 0 aromatic rings. The fourth-order valence-electron chi connectivity index (χ4n) is 2.59. The molecule has 3 nitrogen and oxygen atoms in total. The third kappa shape index (κ3) is 3.74. The van der Waals surface area contributed by atoms with E-state index in [1.807, 2.05) is 0 Å². The lowest BCUT2D eigenvalue weighted by atomic mass is 9.74. The average Bonchev–Trinajstić information content (AvgIpc) is 2.25. The first-order chi connectivity index (χ1) is 7.23. The van der Waals surface area contributed by atoms with Gasteiger partial charge in [0.25, 0.3) is 0 Å². The maximum Gasteiger partial charge on any atom is 0.0799 e. The van der Waals surface area contributed by atoms with Crippen molar-refractivity contribution in [2.45, 2.75) is 44.6 Å². The van der Waals surface area contributed by atoms with Crippen LogP contribution < -0.4 is 5.32 Å². The van der Waals surface area contributed by atoms with E-state index in [0.29, 0.717) is 12.5 Å². The highest BCUT2D eigenvalue weighted by atomic mass is 16.5. The van der Waals surface area contributed by atoms with Gasteiger partial charge in [-0.2, -0.15) is 0 Å². The quantitative estimate of drug-likeness (QED) is 0.661. The maximum atomic E-state index is 10.5. The molecule has 0 spiro atoms. The molecule has 0 amide bonds. The minimum absolute atomic E-state index is 0.471. The Morgan fingerprint density at radius 3 is 2.93 bits per heavy atom. The molecular formula is C12H25NO2. The van der Waals surface area contributed by atoms with Crippen molar-refractivity contribution >= 4 is 0 Å². The standard InChI is InChI=1S/C12H25NO2/c1-3-11-6-4-5-7-12(11,14)10-13-8-9-15-2/h11,13-14H,3-10H2,1-2H3. The molecule has 0 aromatic carbocycles. The van der Waals surface area contributed by atoms with Gasteiger partial charge < -0.3 is 15.2 Å². The van der Waals surface area contributed by atoms with E-state index >= 15 is 0 Å². The zero-order valence-electron chi connectivity index (χ0n) is 10.1. The lowest BCUT2D eigenvalue weighted by Gasteiger charge is -2.40. The lowest BCUT2D eigenvalue weighted by molar-refractivity contribution is -0.0483. The molecular weight excluding hydrogens is 190 g/mol. The zero-order valence-corrected chi connectivity index (χ0v) is 10.1. The van der Waals surface area contributed by atoms with Gasteiger partial charge in [0, 0.05) is 20.2 Å². The van der Waals surface area contributed by atoms with Crippen molar-refractivity contribution in [3.8, 4) is 0 Å². The van der Waals surface area contributed by atoms with Gasteiger partial charge in [0.05, 0.1) is 12.2 Å². The van der Waals surface area contributed by atoms with Gasteiger partial charge in [0.1, 0.15) is 0 Å². The molecule has 2 atom stereocenters. The largest absolute Gasteiger partial charge is 0.388 e. The monoisotopic (exact) mass is 215 g/mol. The third-order valence-electron chi connectivity index (χ3n) is 3.58. The Morgan fingerprint density at radius 1 is 1.47 bits per heavy atom. The zero-order chi connectivity index (χ0) is 11.1. The Bertz CT molecular complexity index is 175. The van der Waals surface area contributed by atoms with E-state index in [4.69, 9.17) is 4.74 Å². The van der Waals surface area contributed by atoms with Crippen molar-refractivity contribution in [2.24, 2.45) is 5.92 Å². The van der Waals surface area contributed by atoms with Crippen molar-refractivity contribution in [3.63, 3.8) is 0 Å². The molecule has 1 rings (SSSR count). The molecule has 0 heterocycles. The predicted molar refractivity (Wildman–Crippen MR) is 61.9 cm³/mol. The fraction of sp³-hybridized carbons (Fsp3) is 1.00. The van der Waals surface area contributed by atoms with Crippen LogP contribution in [0, 0.1) is 5.92 Å². The summed E-state index contributed by atoms with van der Waals surface area (Å²) >= 11 is 0. The molecule has 3 heteroatoms. The van der Waals surface area contributed by atoms with Gasteiger partial charge in [-0.1, -0.05) is 26.2 Å². The smallest absolute Gasteiger partial charge is 0.0799 e. The van der Waals surface area contributed by atoms with Crippen LogP contribution >= 0.6 is 0 Å². The number of ether oxygens (including phenoxy) is 1. The minimum atomic E-state index is -0.471. The Kier molecular flexibility index (Phi) is 5.58. The number of hydrogen-bond acceptors (Lipinski definition) is 3. The van der Waals surface area contributed by atoms with Crippen LogP contribution in [0.3, 0.4) is 0 Å². The highest BCUT2D eigenvalue weighted by Crippen LogP contribution is 2.35. The molecule has 0 saturated heterocycles. The normalized spacial score (nSPS) is 31.8. The molecule has 1 saturated carbocycles. The number of methoxy groups -OCH3 is 1. The van der Waals surface area contributed by atoms with Gasteiger partial charge in [-0.05, 0) is 18.8 Å². The predicted octanol–water partition coefficient (Wildman–Crippen LogP) is 1.55. The average molecular weight is 215 g/mol. The Balaban J connectivity index is 2.33. The SMILES string of the molecule is CCC1CCCCC1(O)CNCCOC. The molecule has 2 unspecified atom stereocenters. The molecule has 15 heavy (non-hydrogen) atoms. The second kappa shape index (κ2) is 6.46. The third-order valence-corrected chi connectivity index (χ3v) is 3.58. The summed E-state index contributed by atoms with van der Waals surface area (Å²) < 4.78 is 4.97. The second-order valence-corrected chi connectivity index (χ2v) is 4.62. The van der Waals surface area contributed by atoms with Gasteiger partial charge >= 0.3 is 0 Å². The number of hydrogen-bond donors (Lipinski definition) is 2. The molecule has 1 aliphatic rings. The summed E-state index contributed by atoms with van der Waals surface area (Å²) in [6, 6.07) is 0. The summed E-state index contributed by atoms with van der Waals surface area (Å²) in [4.78, 5) is 0.